The molecule has 0 N–H and O–H groups in total. The predicted octanol–water partition coefficient (Wildman–Crippen LogP) is 3.51. The van der Waals surface area contributed by atoms with Crippen LogP contribution in [0.1, 0.15) is 23.3 Å². The molecule has 0 aliphatic carbocycles. The van der Waals surface area contributed by atoms with E-state index in [0.717, 1.165) is 0 Å². The molecule has 0 saturated heterocycles. The van der Waals surface area contributed by atoms with Gasteiger partial charge in [0, 0.05) is 18.3 Å². The second kappa shape index (κ2) is 7.58. The zero-order valence-electron chi connectivity index (χ0n) is 14.4. The fourth-order valence-electron chi connectivity index (χ4n) is 2.87. The maximum absolute atomic E-state index is 12.9. The van der Waals surface area contributed by atoms with E-state index in [-0.39, 0.29) is 28.3 Å². The molecule has 0 saturated carbocycles. The van der Waals surface area contributed by atoms with Gasteiger partial charge in [-0.25, -0.2) is 0 Å². The zero-order chi connectivity index (χ0) is 19.7. The van der Waals surface area contributed by atoms with Gasteiger partial charge in [-0.05, 0) is 31.2 Å². The highest BCUT2D eigenvalue weighted by atomic mass is 35.5. The molecule has 0 bridgehead atoms. The third-order valence-corrected chi connectivity index (χ3v) is 4.74. The maximum atomic E-state index is 12.9. The van der Waals surface area contributed by atoms with Crippen LogP contribution in [0.4, 0.5) is 5.69 Å². The number of anilines is 1. The van der Waals surface area contributed by atoms with E-state index < -0.39 is 11.6 Å². The lowest BCUT2D eigenvalue weighted by atomic mass is 10.0. The van der Waals surface area contributed by atoms with Gasteiger partial charge in [-0.3, -0.25) is 14.4 Å². The molecule has 1 atom stereocenters. The number of carbonyl (C=O) groups is 2. The minimum absolute atomic E-state index is 0.0660. The zero-order valence-corrected chi connectivity index (χ0v) is 16.0. The second-order valence-electron chi connectivity index (χ2n) is 6.02. The number of benzene rings is 1. The first kappa shape index (κ1) is 19.2. The van der Waals surface area contributed by atoms with Crippen molar-refractivity contribution in [1.82, 2.24) is 4.57 Å². The van der Waals surface area contributed by atoms with Gasteiger partial charge in [0.25, 0.3) is 11.5 Å². The molecule has 27 heavy (non-hydrogen) atoms. The fourth-order valence-corrected chi connectivity index (χ4v) is 3.36. The number of hydrogen-bond donors (Lipinski definition) is 0. The number of rotatable bonds is 5. The van der Waals surface area contributed by atoms with Crippen molar-refractivity contribution in [2.45, 2.75) is 13.0 Å². The van der Waals surface area contributed by atoms with Crippen LogP contribution in [-0.2, 0) is 4.79 Å². The maximum Gasteiger partial charge on any atom is 0.270 e. The summed E-state index contributed by atoms with van der Waals surface area (Å²) in [5.74, 6) is -0.0451. The summed E-state index contributed by atoms with van der Waals surface area (Å²) in [6, 6.07) is 5.29. The largest absolute Gasteiger partial charge is 0.482 e. The highest BCUT2D eigenvalue weighted by Gasteiger charge is 2.27. The number of pyridine rings is 1. The van der Waals surface area contributed by atoms with E-state index in [4.69, 9.17) is 27.9 Å². The first-order chi connectivity index (χ1) is 12.8. The van der Waals surface area contributed by atoms with E-state index in [1.165, 1.54) is 21.7 Å². The van der Waals surface area contributed by atoms with Gasteiger partial charge in [0.05, 0.1) is 16.8 Å². The lowest BCUT2D eigenvalue weighted by Gasteiger charge is -2.29. The van der Waals surface area contributed by atoms with Crippen molar-refractivity contribution in [3.05, 3.63) is 69.1 Å². The van der Waals surface area contributed by atoms with Crippen LogP contribution in [0.5, 0.6) is 5.75 Å². The highest BCUT2D eigenvalue weighted by Crippen LogP contribution is 2.33. The first-order valence-electron chi connectivity index (χ1n) is 8.13. The molecule has 140 valence electrons. The number of aromatic nitrogens is 1. The molecule has 1 aliphatic heterocycles. The van der Waals surface area contributed by atoms with E-state index in [1.54, 1.807) is 31.2 Å². The van der Waals surface area contributed by atoms with Crippen molar-refractivity contribution in [2.75, 3.05) is 18.1 Å². The highest BCUT2D eigenvalue weighted by molar-refractivity contribution is 6.34. The second-order valence-corrected chi connectivity index (χ2v) is 6.87. The average Bonchev–Trinajstić information content (AvgIpc) is 2.65. The number of carbonyl (C=O) groups excluding carboxylic acids is 2. The number of hydrogen-bond acceptors (Lipinski definition) is 4. The molecule has 3 rings (SSSR count). The van der Waals surface area contributed by atoms with Gasteiger partial charge in [-0.2, -0.15) is 0 Å². The van der Waals surface area contributed by atoms with Crippen molar-refractivity contribution in [2.24, 2.45) is 0 Å². The van der Waals surface area contributed by atoms with Crippen LogP contribution in [0, 0.1) is 0 Å². The van der Waals surface area contributed by atoms with Gasteiger partial charge < -0.3 is 14.2 Å². The molecule has 1 amide bonds. The van der Waals surface area contributed by atoms with Crippen LogP contribution < -0.4 is 15.2 Å². The van der Waals surface area contributed by atoms with E-state index >= 15 is 0 Å². The fraction of sp³-hybridized carbons (Fsp3) is 0.211. The number of nitrogens with zero attached hydrogens (tertiary/aromatic N) is 2. The third kappa shape index (κ3) is 3.63. The number of fused-ring (bicyclic) bond motifs is 1. The summed E-state index contributed by atoms with van der Waals surface area (Å²) in [5, 5.41) is 0.185. The molecule has 1 aromatic heterocycles. The predicted molar refractivity (Wildman–Crippen MR) is 104 cm³/mol. The number of ketones is 1. The van der Waals surface area contributed by atoms with Crippen LogP contribution in [0.15, 0.2) is 47.9 Å². The van der Waals surface area contributed by atoms with Crippen molar-refractivity contribution < 1.29 is 14.3 Å². The molecule has 2 heterocycles. The molecule has 6 nitrogen and oxygen atoms in total. The Kier molecular flexibility index (Phi) is 5.39. The average molecular weight is 407 g/mol. The third-order valence-electron chi connectivity index (χ3n) is 4.26. The normalized spacial score (nSPS) is 14.3. The molecule has 1 aliphatic rings. The number of amides is 1. The Labute approximate surface area is 165 Å². The molecule has 1 unspecified atom stereocenters. The van der Waals surface area contributed by atoms with Crippen LogP contribution in [0.2, 0.25) is 10.0 Å². The summed E-state index contributed by atoms with van der Waals surface area (Å²) in [6.07, 6.45) is 2.96. The Balaban J connectivity index is 2.00. The van der Waals surface area contributed by atoms with E-state index in [1.807, 2.05) is 0 Å². The van der Waals surface area contributed by atoms with E-state index in [2.05, 4.69) is 6.58 Å². The minimum atomic E-state index is -0.834. The summed E-state index contributed by atoms with van der Waals surface area (Å²) >= 11 is 11.8. The molecule has 2 aromatic rings. The SMILES string of the molecule is C=CCN1C(=O)COc2ccc(C(=O)C(C)n3cc(Cl)cc(Cl)c3=O)cc21. The molecule has 0 spiro atoms. The molecule has 1 aromatic carbocycles. The lowest BCUT2D eigenvalue weighted by Crippen LogP contribution is -2.39. The summed E-state index contributed by atoms with van der Waals surface area (Å²) in [4.78, 5) is 38.8. The summed E-state index contributed by atoms with van der Waals surface area (Å²) < 4.78 is 6.61. The molecule has 8 heteroatoms. The molecular weight excluding hydrogens is 391 g/mol. The van der Waals surface area contributed by atoms with E-state index in [9.17, 15) is 14.4 Å². The van der Waals surface area contributed by atoms with Gasteiger partial charge in [-0.15, -0.1) is 6.58 Å². The number of halogens is 2. The van der Waals surface area contributed by atoms with Crippen LogP contribution in [-0.4, -0.2) is 29.4 Å². The standard InChI is InChI=1S/C19H16Cl2N2O4/c1-3-6-22-15-7-12(4-5-16(15)27-10-17(22)24)18(25)11(2)23-9-13(20)8-14(21)19(23)26/h3-5,7-9,11H,1,6,10H2,2H3. The van der Waals surface area contributed by atoms with Crippen molar-refractivity contribution in [1.29, 1.82) is 0 Å². The lowest BCUT2D eigenvalue weighted by molar-refractivity contribution is -0.121. The quantitative estimate of drug-likeness (QED) is 0.562. The summed E-state index contributed by atoms with van der Waals surface area (Å²) in [5.41, 5.74) is 0.309. The van der Waals surface area contributed by atoms with Gasteiger partial charge in [0.15, 0.2) is 12.4 Å². The van der Waals surface area contributed by atoms with Crippen molar-refractivity contribution in [3.8, 4) is 5.75 Å². The van der Waals surface area contributed by atoms with Crippen molar-refractivity contribution in [3.63, 3.8) is 0 Å². The smallest absolute Gasteiger partial charge is 0.270 e. The Hall–Kier alpha value is -2.57. The Bertz CT molecular complexity index is 1000. The Morgan fingerprint density at radius 2 is 2.07 bits per heavy atom. The summed E-state index contributed by atoms with van der Waals surface area (Å²) in [7, 11) is 0. The van der Waals surface area contributed by atoms with Crippen LogP contribution in [0.25, 0.3) is 0 Å². The Morgan fingerprint density at radius 3 is 2.78 bits per heavy atom. The monoisotopic (exact) mass is 406 g/mol. The van der Waals surface area contributed by atoms with Crippen molar-refractivity contribution >= 4 is 40.6 Å². The van der Waals surface area contributed by atoms with Gasteiger partial charge in [0.1, 0.15) is 10.8 Å². The number of ether oxygens (including phenoxy) is 1. The number of Topliss-reactive ketones (excluding diaryl/α,β-unsaturated/α-hetero) is 1. The molecule has 0 fully saturated rings. The molecular formula is C19H16Cl2N2O4. The van der Waals surface area contributed by atoms with E-state index in [0.29, 0.717) is 23.5 Å². The topological polar surface area (TPSA) is 68.6 Å². The summed E-state index contributed by atoms with van der Waals surface area (Å²) in [6.45, 7) is 5.46. The van der Waals surface area contributed by atoms with Gasteiger partial charge >= 0.3 is 0 Å². The van der Waals surface area contributed by atoms with Crippen LogP contribution >= 0.6 is 23.2 Å². The minimum Gasteiger partial charge on any atom is -0.482 e. The first-order valence-corrected chi connectivity index (χ1v) is 8.88. The van der Waals surface area contributed by atoms with Gasteiger partial charge in [0.2, 0.25) is 0 Å². The van der Waals surface area contributed by atoms with Crippen LogP contribution in [0.3, 0.4) is 0 Å². The Morgan fingerprint density at radius 1 is 1.33 bits per heavy atom. The van der Waals surface area contributed by atoms with Gasteiger partial charge in [-0.1, -0.05) is 29.3 Å². The molecule has 0 radical (unpaired) electrons.